The van der Waals surface area contributed by atoms with Gasteiger partial charge in [-0.25, -0.2) is 0 Å². The summed E-state index contributed by atoms with van der Waals surface area (Å²) in [6.45, 7) is 0. The Hall–Kier alpha value is -1.30. The summed E-state index contributed by atoms with van der Waals surface area (Å²) in [6.07, 6.45) is 1.62. The Morgan fingerprint density at radius 2 is 2.25 bits per heavy atom. The molecule has 12 heavy (non-hydrogen) atoms. The lowest BCUT2D eigenvalue weighted by Crippen LogP contribution is -2.24. The maximum Gasteiger partial charge on any atom is 0.296 e. The van der Waals surface area contributed by atoms with Crippen molar-refractivity contribution in [2.75, 3.05) is 0 Å². The summed E-state index contributed by atoms with van der Waals surface area (Å²) in [5.41, 5.74) is 10.4. The second-order valence-corrected chi connectivity index (χ2v) is 2.99. The molecule has 1 aromatic rings. The lowest BCUT2D eigenvalue weighted by atomic mass is 10.4. The molecular formula is C6H7BrN4O. The molecule has 0 saturated heterocycles. The van der Waals surface area contributed by atoms with Crippen LogP contribution in [0.5, 0.6) is 0 Å². The van der Waals surface area contributed by atoms with E-state index in [9.17, 15) is 4.79 Å². The van der Waals surface area contributed by atoms with Crippen molar-refractivity contribution in [2.24, 2.45) is 16.5 Å². The first-order valence-electron chi connectivity index (χ1n) is 3.07. The molecule has 1 aromatic heterocycles. The average Bonchev–Trinajstić information content (AvgIpc) is 2.34. The van der Waals surface area contributed by atoms with Crippen molar-refractivity contribution >= 4 is 27.8 Å². The maximum absolute atomic E-state index is 11.1. The number of rotatable bonds is 1. The van der Waals surface area contributed by atoms with Crippen LogP contribution in [-0.4, -0.2) is 16.9 Å². The zero-order chi connectivity index (χ0) is 9.14. The van der Waals surface area contributed by atoms with Crippen molar-refractivity contribution in [3.63, 3.8) is 0 Å². The van der Waals surface area contributed by atoms with Crippen LogP contribution in [0, 0.1) is 0 Å². The number of nitrogens with two attached hydrogens (primary N) is 2. The van der Waals surface area contributed by atoms with Gasteiger partial charge in [0.25, 0.3) is 5.91 Å². The fourth-order valence-electron chi connectivity index (χ4n) is 0.669. The number of halogens is 1. The summed E-state index contributed by atoms with van der Waals surface area (Å²) >= 11 is 3.17. The van der Waals surface area contributed by atoms with E-state index < -0.39 is 5.91 Å². The standard InChI is InChI=1S/C6H7BrN4O/c7-3-1-4(10-2-3)5(12)11-6(8)9/h1-2,10H,(H4,8,9,11,12). The number of nitrogens with zero attached hydrogens (tertiary/aromatic N) is 1. The lowest BCUT2D eigenvalue weighted by Gasteiger charge is -1.89. The molecule has 1 rings (SSSR count). The van der Waals surface area contributed by atoms with Crippen molar-refractivity contribution in [3.8, 4) is 0 Å². The Morgan fingerprint density at radius 1 is 1.58 bits per heavy atom. The molecule has 1 heterocycles. The third kappa shape index (κ3) is 2.09. The fourth-order valence-corrected chi connectivity index (χ4v) is 1.01. The molecule has 0 radical (unpaired) electrons. The molecule has 64 valence electrons. The Balaban J connectivity index is 2.86. The third-order valence-corrected chi connectivity index (χ3v) is 1.57. The van der Waals surface area contributed by atoms with Crippen molar-refractivity contribution < 1.29 is 4.79 Å². The SMILES string of the molecule is NC(N)=NC(=O)c1cc(Br)c[nH]1. The number of aromatic nitrogens is 1. The fraction of sp³-hybridized carbons (Fsp3) is 0. The van der Waals surface area contributed by atoms with E-state index in [0.29, 0.717) is 5.69 Å². The first kappa shape index (κ1) is 8.79. The molecule has 5 N–H and O–H groups in total. The van der Waals surface area contributed by atoms with E-state index in [1.54, 1.807) is 12.3 Å². The van der Waals surface area contributed by atoms with Gasteiger partial charge in [0, 0.05) is 10.7 Å². The minimum absolute atomic E-state index is 0.245. The van der Waals surface area contributed by atoms with Gasteiger partial charge in [-0.1, -0.05) is 0 Å². The number of H-pyrrole nitrogens is 1. The van der Waals surface area contributed by atoms with Crippen molar-refractivity contribution in [2.45, 2.75) is 0 Å². The van der Waals surface area contributed by atoms with Gasteiger partial charge in [-0.2, -0.15) is 4.99 Å². The largest absolute Gasteiger partial charge is 0.370 e. The summed E-state index contributed by atoms with van der Waals surface area (Å²) < 4.78 is 0.775. The van der Waals surface area contributed by atoms with Crippen LogP contribution in [0.15, 0.2) is 21.7 Å². The molecule has 0 aliphatic heterocycles. The molecule has 0 aromatic carbocycles. The molecule has 0 bridgehead atoms. The molecule has 0 fully saturated rings. The number of amides is 1. The monoisotopic (exact) mass is 230 g/mol. The van der Waals surface area contributed by atoms with Crippen LogP contribution >= 0.6 is 15.9 Å². The summed E-state index contributed by atoms with van der Waals surface area (Å²) in [5, 5.41) is 0. The smallest absolute Gasteiger partial charge is 0.296 e. The Labute approximate surface area is 77.0 Å². The molecule has 6 heteroatoms. The van der Waals surface area contributed by atoms with Gasteiger partial charge in [-0.05, 0) is 22.0 Å². The highest BCUT2D eigenvalue weighted by molar-refractivity contribution is 9.10. The molecule has 0 aliphatic carbocycles. The normalized spacial score (nSPS) is 9.42. The zero-order valence-electron chi connectivity index (χ0n) is 6.04. The molecule has 0 unspecified atom stereocenters. The second kappa shape index (κ2) is 3.40. The van der Waals surface area contributed by atoms with Gasteiger partial charge in [0.15, 0.2) is 5.96 Å². The molecule has 0 saturated carbocycles. The number of carbonyl (C=O) groups is 1. The van der Waals surface area contributed by atoms with Gasteiger partial charge < -0.3 is 16.5 Å². The Morgan fingerprint density at radius 3 is 2.67 bits per heavy atom. The van der Waals surface area contributed by atoms with Crippen LogP contribution in [0.25, 0.3) is 0 Å². The summed E-state index contributed by atoms with van der Waals surface area (Å²) in [7, 11) is 0. The zero-order valence-corrected chi connectivity index (χ0v) is 7.63. The van der Waals surface area contributed by atoms with Crippen molar-refractivity contribution in [1.82, 2.24) is 4.98 Å². The van der Waals surface area contributed by atoms with E-state index in [4.69, 9.17) is 11.5 Å². The quantitative estimate of drug-likeness (QED) is 0.475. The highest BCUT2D eigenvalue weighted by atomic mass is 79.9. The van der Waals surface area contributed by atoms with E-state index in [2.05, 4.69) is 25.9 Å². The predicted molar refractivity (Wildman–Crippen MR) is 48.6 cm³/mol. The minimum atomic E-state index is -0.485. The molecule has 0 aliphatic rings. The number of guanidine groups is 1. The van der Waals surface area contributed by atoms with Crippen LogP contribution < -0.4 is 11.5 Å². The van der Waals surface area contributed by atoms with Gasteiger partial charge in [0.05, 0.1) is 0 Å². The van der Waals surface area contributed by atoms with E-state index in [-0.39, 0.29) is 5.96 Å². The second-order valence-electron chi connectivity index (χ2n) is 2.07. The van der Waals surface area contributed by atoms with Crippen LogP contribution in [-0.2, 0) is 0 Å². The van der Waals surface area contributed by atoms with Crippen molar-refractivity contribution in [1.29, 1.82) is 0 Å². The van der Waals surface area contributed by atoms with E-state index in [0.717, 1.165) is 4.47 Å². The average molecular weight is 231 g/mol. The van der Waals surface area contributed by atoms with Gasteiger partial charge in [-0.3, -0.25) is 4.79 Å². The highest BCUT2D eigenvalue weighted by Gasteiger charge is 2.05. The van der Waals surface area contributed by atoms with Gasteiger partial charge in [0.2, 0.25) is 0 Å². The highest BCUT2D eigenvalue weighted by Crippen LogP contribution is 2.10. The number of nitrogens with one attached hydrogen (secondary N) is 1. The number of hydrogen-bond acceptors (Lipinski definition) is 1. The van der Waals surface area contributed by atoms with Crippen LogP contribution in [0.2, 0.25) is 0 Å². The minimum Gasteiger partial charge on any atom is -0.370 e. The van der Waals surface area contributed by atoms with E-state index in [1.807, 2.05) is 0 Å². The first-order valence-corrected chi connectivity index (χ1v) is 3.87. The summed E-state index contributed by atoms with van der Waals surface area (Å²) in [6, 6.07) is 1.59. The first-order chi connectivity index (χ1) is 5.59. The maximum atomic E-state index is 11.1. The van der Waals surface area contributed by atoms with E-state index >= 15 is 0 Å². The Kier molecular flexibility index (Phi) is 2.49. The molecule has 0 spiro atoms. The van der Waals surface area contributed by atoms with Crippen molar-refractivity contribution in [3.05, 3.63) is 22.4 Å². The van der Waals surface area contributed by atoms with Crippen LogP contribution in [0.1, 0.15) is 10.5 Å². The lowest BCUT2D eigenvalue weighted by molar-refractivity contribution is 0.0998. The van der Waals surface area contributed by atoms with Crippen LogP contribution in [0.4, 0.5) is 0 Å². The number of carbonyl (C=O) groups excluding carboxylic acids is 1. The molecule has 1 amide bonds. The van der Waals surface area contributed by atoms with Gasteiger partial charge in [0.1, 0.15) is 5.69 Å². The van der Waals surface area contributed by atoms with Gasteiger partial charge >= 0.3 is 0 Å². The summed E-state index contributed by atoms with van der Waals surface area (Å²) in [5.74, 6) is -0.730. The predicted octanol–water partition coefficient (Wildman–Crippen LogP) is 0.191. The number of aliphatic imine (C=N–C) groups is 1. The number of hydrogen-bond donors (Lipinski definition) is 3. The molecular weight excluding hydrogens is 224 g/mol. The molecule has 5 nitrogen and oxygen atoms in total. The topological polar surface area (TPSA) is 97.3 Å². The van der Waals surface area contributed by atoms with Gasteiger partial charge in [-0.15, -0.1) is 0 Å². The molecule has 0 atom stereocenters. The number of aromatic amines is 1. The summed E-state index contributed by atoms with van der Waals surface area (Å²) in [4.78, 5) is 17.1. The Bertz CT molecular complexity index is 326. The third-order valence-electron chi connectivity index (χ3n) is 1.11. The van der Waals surface area contributed by atoms with E-state index in [1.165, 1.54) is 0 Å². The van der Waals surface area contributed by atoms with Crippen LogP contribution in [0.3, 0.4) is 0 Å².